The molecular formula is C18H27N. The Bertz CT molecular complexity index is 425. The maximum Gasteiger partial charge on any atom is 0.00983 e. The molecule has 1 N–H and O–H groups in total. The molecule has 19 heavy (non-hydrogen) atoms. The van der Waals surface area contributed by atoms with Crippen LogP contribution in [0, 0.1) is 11.8 Å². The van der Waals surface area contributed by atoms with Gasteiger partial charge in [0.2, 0.25) is 0 Å². The van der Waals surface area contributed by atoms with Crippen molar-refractivity contribution in [3.8, 4) is 0 Å². The zero-order valence-corrected chi connectivity index (χ0v) is 12.4. The van der Waals surface area contributed by atoms with E-state index in [0.29, 0.717) is 0 Å². The monoisotopic (exact) mass is 257 g/mol. The van der Waals surface area contributed by atoms with Gasteiger partial charge >= 0.3 is 0 Å². The van der Waals surface area contributed by atoms with Gasteiger partial charge in [-0.1, -0.05) is 44.0 Å². The normalized spacial score (nSPS) is 31.4. The fourth-order valence-corrected chi connectivity index (χ4v) is 4.27. The predicted octanol–water partition coefficient (Wildman–Crippen LogP) is 4.13. The molecule has 1 aromatic carbocycles. The average molecular weight is 257 g/mol. The van der Waals surface area contributed by atoms with Gasteiger partial charge in [0, 0.05) is 6.04 Å². The molecule has 1 heteroatoms. The van der Waals surface area contributed by atoms with Crippen LogP contribution in [0.5, 0.6) is 0 Å². The Kier molecular flexibility index (Phi) is 3.93. The number of benzene rings is 1. The second kappa shape index (κ2) is 5.66. The standard InChI is InChI=1S/C18H27N/c1-13-6-5-8-15(10-13)18(19-2)12-16-11-14-7-3-4-9-17(14)16/h3-4,7,9,13,15-16,18-19H,5-6,8,10-12H2,1-2H3. The Morgan fingerprint density at radius 2 is 2.11 bits per heavy atom. The van der Waals surface area contributed by atoms with Gasteiger partial charge in [0.1, 0.15) is 0 Å². The van der Waals surface area contributed by atoms with E-state index in [1.807, 2.05) is 0 Å². The van der Waals surface area contributed by atoms with E-state index in [2.05, 4.69) is 43.6 Å². The van der Waals surface area contributed by atoms with E-state index < -0.39 is 0 Å². The largest absolute Gasteiger partial charge is 0.317 e. The molecule has 4 atom stereocenters. The van der Waals surface area contributed by atoms with Crippen LogP contribution in [0.2, 0.25) is 0 Å². The molecule has 4 unspecified atom stereocenters. The number of hydrogen-bond acceptors (Lipinski definition) is 1. The lowest BCUT2D eigenvalue weighted by Crippen LogP contribution is -2.39. The van der Waals surface area contributed by atoms with Crippen LogP contribution < -0.4 is 5.32 Å². The lowest BCUT2D eigenvalue weighted by Gasteiger charge is -2.38. The predicted molar refractivity (Wildman–Crippen MR) is 81.5 cm³/mol. The van der Waals surface area contributed by atoms with Gasteiger partial charge in [-0.05, 0) is 61.6 Å². The fraction of sp³-hybridized carbons (Fsp3) is 0.667. The van der Waals surface area contributed by atoms with Crippen molar-refractivity contribution in [3.05, 3.63) is 35.4 Å². The molecule has 0 heterocycles. The maximum atomic E-state index is 3.62. The van der Waals surface area contributed by atoms with Gasteiger partial charge in [0.05, 0.1) is 0 Å². The number of rotatable bonds is 4. The molecule has 0 saturated heterocycles. The molecule has 2 aliphatic carbocycles. The third-order valence-corrected chi connectivity index (χ3v) is 5.42. The number of hydrogen-bond donors (Lipinski definition) is 1. The van der Waals surface area contributed by atoms with Crippen molar-refractivity contribution in [3.63, 3.8) is 0 Å². The molecule has 0 amide bonds. The van der Waals surface area contributed by atoms with E-state index in [1.165, 1.54) is 38.5 Å². The summed E-state index contributed by atoms with van der Waals surface area (Å²) in [6, 6.07) is 9.72. The average Bonchev–Trinajstić information content (AvgIpc) is 2.40. The van der Waals surface area contributed by atoms with E-state index in [0.717, 1.165) is 23.8 Å². The van der Waals surface area contributed by atoms with Crippen molar-refractivity contribution in [2.24, 2.45) is 11.8 Å². The van der Waals surface area contributed by atoms with Gasteiger partial charge in [-0.2, -0.15) is 0 Å². The molecule has 2 aliphatic rings. The minimum Gasteiger partial charge on any atom is -0.317 e. The van der Waals surface area contributed by atoms with Crippen LogP contribution in [0.15, 0.2) is 24.3 Å². The van der Waals surface area contributed by atoms with Crippen molar-refractivity contribution in [2.45, 2.75) is 57.4 Å². The van der Waals surface area contributed by atoms with E-state index in [1.54, 1.807) is 11.1 Å². The quantitative estimate of drug-likeness (QED) is 0.855. The highest BCUT2D eigenvalue weighted by Gasteiger charge is 2.32. The summed E-state index contributed by atoms with van der Waals surface area (Å²) in [6.07, 6.45) is 8.38. The first-order valence-corrected chi connectivity index (χ1v) is 8.03. The van der Waals surface area contributed by atoms with Gasteiger partial charge in [-0.15, -0.1) is 0 Å². The highest BCUT2D eigenvalue weighted by molar-refractivity contribution is 5.39. The second-order valence-electron chi connectivity index (χ2n) is 6.76. The molecule has 1 saturated carbocycles. The van der Waals surface area contributed by atoms with Crippen LogP contribution in [0.3, 0.4) is 0 Å². The summed E-state index contributed by atoms with van der Waals surface area (Å²) in [7, 11) is 2.16. The van der Waals surface area contributed by atoms with Crippen molar-refractivity contribution in [1.82, 2.24) is 5.32 Å². The van der Waals surface area contributed by atoms with E-state index >= 15 is 0 Å². The number of fused-ring (bicyclic) bond motifs is 1. The van der Waals surface area contributed by atoms with Crippen molar-refractivity contribution < 1.29 is 0 Å². The summed E-state index contributed by atoms with van der Waals surface area (Å²) in [5, 5.41) is 3.62. The van der Waals surface area contributed by atoms with Crippen molar-refractivity contribution >= 4 is 0 Å². The summed E-state index contributed by atoms with van der Waals surface area (Å²) in [5.41, 5.74) is 3.20. The third kappa shape index (κ3) is 2.72. The zero-order valence-electron chi connectivity index (χ0n) is 12.4. The minimum absolute atomic E-state index is 0.723. The Morgan fingerprint density at radius 3 is 2.84 bits per heavy atom. The number of nitrogens with one attached hydrogen (secondary N) is 1. The smallest absolute Gasteiger partial charge is 0.00983 e. The van der Waals surface area contributed by atoms with Crippen molar-refractivity contribution in [1.29, 1.82) is 0 Å². The Balaban J connectivity index is 1.62. The first-order chi connectivity index (χ1) is 9.28. The first kappa shape index (κ1) is 13.2. The van der Waals surface area contributed by atoms with Gasteiger partial charge in [0.25, 0.3) is 0 Å². The van der Waals surface area contributed by atoms with Crippen molar-refractivity contribution in [2.75, 3.05) is 7.05 Å². The van der Waals surface area contributed by atoms with Gasteiger partial charge in [0.15, 0.2) is 0 Å². The zero-order chi connectivity index (χ0) is 13.2. The third-order valence-electron chi connectivity index (χ3n) is 5.42. The fourth-order valence-electron chi connectivity index (χ4n) is 4.27. The Hall–Kier alpha value is -0.820. The van der Waals surface area contributed by atoms with E-state index in [-0.39, 0.29) is 0 Å². The summed E-state index contributed by atoms with van der Waals surface area (Å²) >= 11 is 0. The first-order valence-electron chi connectivity index (χ1n) is 8.03. The highest BCUT2D eigenvalue weighted by Crippen LogP contribution is 2.41. The van der Waals surface area contributed by atoms with Gasteiger partial charge < -0.3 is 5.32 Å². The molecule has 0 bridgehead atoms. The topological polar surface area (TPSA) is 12.0 Å². The molecule has 1 fully saturated rings. The summed E-state index contributed by atoms with van der Waals surface area (Å²) in [5.74, 6) is 2.65. The summed E-state index contributed by atoms with van der Waals surface area (Å²) < 4.78 is 0. The summed E-state index contributed by atoms with van der Waals surface area (Å²) in [4.78, 5) is 0. The Morgan fingerprint density at radius 1 is 1.26 bits per heavy atom. The lowest BCUT2D eigenvalue weighted by atomic mass is 9.70. The van der Waals surface area contributed by atoms with Crippen LogP contribution in [-0.4, -0.2) is 13.1 Å². The van der Waals surface area contributed by atoms with Crippen LogP contribution in [-0.2, 0) is 6.42 Å². The van der Waals surface area contributed by atoms with Crippen LogP contribution in [0.4, 0.5) is 0 Å². The molecule has 0 aliphatic heterocycles. The second-order valence-corrected chi connectivity index (χ2v) is 6.76. The minimum atomic E-state index is 0.723. The van der Waals surface area contributed by atoms with Gasteiger partial charge in [-0.25, -0.2) is 0 Å². The summed E-state index contributed by atoms with van der Waals surface area (Å²) in [6.45, 7) is 2.43. The van der Waals surface area contributed by atoms with E-state index in [9.17, 15) is 0 Å². The molecule has 104 valence electrons. The molecule has 0 aromatic heterocycles. The van der Waals surface area contributed by atoms with Gasteiger partial charge in [-0.3, -0.25) is 0 Å². The Labute approximate surface area is 117 Å². The van der Waals surface area contributed by atoms with Crippen LogP contribution in [0.25, 0.3) is 0 Å². The highest BCUT2D eigenvalue weighted by atomic mass is 14.9. The molecule has 3 rings (SSSR count). The molecular weight excluding hydrogens is 230 g/mol. The lowest BCUT2D eigenvalue weighted by molar-refractivity contribution is 0.212. The molecule has 1 aromatic rings. The maximum absolute atomic E-state index is 3.62. The molecule has 0 spiro atoms. The SMILES string of the molecule is CNC(CC1Cc2ccccc21)C1CCCC(C)C1. The van der Waals surface area contributed by atoms with Crippen LogP contribution >= 0.6 is 0 Å². The van der Waals surface area contributed by atoms with Crippen LogP contribution in [0.1, 0.15) is 56.1 Å². The van der Waals surface area contributed by atoms with E-state index in [4.69, 9.17) is 0 Å². The molecule has 1 nitrogen and oxygen atoms in total. The molecule has 0 radical (unpaired) electrons.